The smallest absolute Gasteiger partial charge is 0.258 e. The van der Waals surface area contributed by atoms with E-state index in [1.165, 1.54) is 7.11 Å². The molecular formula is C23H29N5O4S. The number of methoxy groups -OCH3 is 1. The molecule has 0 aliphatic heterocycles. The third kappa shape index (κ3) is 6.38. The van der Waals surface area contributed by atoms with Crippen LogP contribution < -0.4 is 20.1 Å². The van der Waals surface area contributed by atoms with Gasteiger partial charge < -0.3 is 20.1 Å². The van der Waals surface area contributed by atoms with E-state index >= 15 is 0 Å². The standard InChI is InChI=1S/C23H29N5O4S/c1-15(2)24-21(29)14-32-18-9-8-16(13-19(18)31-3)23(30)25-17(10-12-33-4)22-27-26-20-7-5-6-11-28(20)22/h5-9,11,13,15,17H,10,12,14H2,1-4H3,(H,24,29)(H,25,30). The van der Waals surface area contributed by atoms with Gasteiger partial charge in [0.2, 0.25) is 0 Å². The zero-order valence-corrected chi connectivity index (χ0v) is 20.0. The summed E-state index contributed by atoms with van der Waals surface area (Å²) in [6, 6.07) is 10.2. The van der Waals surface area contributed by atoms with E-state index in [-0.39, 0.29) is 30.5 Å². The summed E-state index contributed by atoms with van der Waals surface area (Å²) in [6.45, 7) is 3.61. The van der Waals surface area contributed by atoms with E-state index in [1.807, 2.05) is 48.9 Å². The van der Waals surface area contributed by atoms with Crippen LogP contribution >= 0.6 is 11.8 Å². The van der Waals surface area contributed by atoms with Gasteiger partial charge in [-0.1, -0.05) is 6.07 Å². The molecule has 33 heavy (non-hydrogen) atoms. The highest BCUT2D eigenvalue weighted by molar-refractivity contribution is 7.98. The van der Waals surface area contributed by atoms with Crippen LogP contribution in [0.1, 0.15) is 42.5 Å². The van der Waals surface area contributed by atoms with Gasteiger partial charge in [-0.3, -0.25) is 14.0 Å². The molecule has 9 nitrogen and oxygen atoms in total. The minimum atomic E-state index is -0.316. The average Bonchev–Trinajstić information content (AvgIpc) is 3.23. The Kier molecular flexibility index (Phi) is 8.53. The molecule has 1 aromatic carbocycles. The number of hydrogen-bond acceptors (Lipinski definition) is 7. The van der Waals surface area contributed by atoms with Gasteiger partial charge in [0.25, 0.3) is 11.8 Å². The molecule has 10 heteroatoms. The molecule has 0 saturated heterocycles. The van der Waals surface area contributed by atoms with E-state index in [2.05, 4.69) is 20.8 Å². The molecule has 2 N–H and O–H groups in total. The minimum absolute atomic E-state index is 0.0236. The van der Waals surface area contributed by atoms with E-state index in [0.29, 0.717) is 29.3 Å². The topological polar surface area (TPSA) is 107 Å². The van der Waals surface area contributed by atoms with Crippen molar-refractivity contribution < 1.29 is 19.1 Å². The maximum absolute atomic E-state index is 13.1. The second-order valence-corrected chi connectivity index (χ2v) is 8.66. The van der Waals surface area contributed by atoms with Gasteiger partial charge in [-0.05, 0) is 62.6 Å². The molecule has 0 radical (unpaired) electrons. The number of benzene rings is 1. The van der Waals surface area contributed by atoms with Crippen molar-refractivity contribution >= 4 is 29.2 Å². The Labute approximate surface area is 197 Å². The normalized spacial score (nSPS) is 11.9. The number of hydrogen-bond donors (Lipinski definition) is 2. The van der Waals surface area contributed by atoms with Crippen molar-refractivity contribution in [2.45, 2.75) is 32.4 Å². The van der Waals surface area contributed by atoms with E-state index in [1.54, 1.807) is 30.0 Å². The van der Waals surface area contributed by atoms with Crippen LogP contribution in [0.25, 0.3) is 5.65 Å². The van der Waals surface area contributed by atoms with Gasteiger partial charge in [0.05, 0.1) is 13.2 Å². The Morgan fingerprint density at radius 2 is 1.94 bits per heavy atom. The zero-order chi connectivity index (χ0) is 23.8. The number of ether oxygens (including phenoxy) is 2. The van der Waals surface area contributed by atoms with Crippen molar-refractivity contribution in [3.8, 4) is 11.5 Å². The first-order valence-electron chi connectivity index (χ1n) is 10.6. The first-order valence-corrected chi connectivity index (χ1v) is 12.0. The monoisotopic (exact) mass is 471 g/mol. The zero-order valence-electron chi connectivity index (χ0n) is 19.2. The predicted octanol–water partition coefficient (Wildman–Crippen LogP) is 2.87. The van der Waals surface area contributed by atoms with E-state index in [4.69, 9.17) is 9.47 Å². The molecule has 1 atom stereocenters. The molecular weight excluding hydrogens is 442 g/mol. The molecule has 2 aromatic heterocycles. The summed E-state index contributed by atoms with van der Waals surface area (Å²) < 4.78 is 12.8. The minimum Gasteiger partial charge on any atom is -0.493 e. The fraction of sp³-hybridized carbons (Fsp3) is 0.391. The number of thioether (sulfide) groups is 1. The van der Waals surface area contributed by atoms with Crippen LogP contribution in [0, 0.1) is 0 Å². The second kappa shape index (κ2) is 11.6. The van der Waals surface area contributed by atoms with Gasteiger partial charge in [-0.25, -0.2) is 0 Å². The first-order chi connectivity index (χ1) is 15.9. The Hall–Kier alpha value is -3.27. The lowest BCUT2D eigenvalue weighted by Crippen LogP contribution is -2.34. The number of nitrogens with zero attached hydrogens (tertiary/aromatic N) is 3. The lowest BCUT2D eigenvalue weighted by atomic mass is 10.1. The van der Waals surface area contributed by atoms with Crippen LogP contribution in [-0.4, -0.2) is 58.2 Å². The van der Waals surface area contributed by atoms with Crippen LogP contribution in [0.2, 0.25) is 0 Å². The highest BCUT2D eigenvalue weighted by atomic mass is 32.2. The van der Waals surface area contributed by atoms with Crippen molar-refractivity contribution in [1.29, 1.82) is 0 Å². The van der Waals surface area contributed by atoms with Crippen molar-refractivity contribution in [2.75, 3.05) is 25.7 Å². The fourth-order valence-corrected chi connectivity index (χ4v) is 3.75. The number of amides is 2. The van der Waals surface area contributed by atoms with Gasteiger partial charge in [0.15, 0.2) is 29.6 Å². The van der Waals surface area contributed by atoms with Gasteiger partial charge in [0.1, 0.15) is 0 Å². The second-order valence-electron chi connectivity index (χ2n) is 7.67. The SMILES string of the molecule is COc1cc(C(=O)NC(CCSC)c2nnc3ccccn23)ccc1OCC(=O)NC(C)C. The summed E-state index contributed by atoms with van der Waals surface area (Å²) in [4.78, 5) is 24.9. The average molecular weight is 472 g/mol. The Morgan fingerprint density at radius 1 is 1.12 bits per heavy atom. The number of carbonyl (C=O) groups excluding carboxylic acids is 2. The number of pyridine rings is 1. The van der Waals surface area contributed by atoms with Gasteiger partial charge >= 0.3 is 0 Å². The summed E-state index contributed by atoms with van der Waals surface area (Å²) in [5.41, 5.74) is 1.13. The molecule has 2 amide bonds. The maximum Gasteiger partial charge on any atom is 0.258 e. The number of carbonyl (C=O) groups is 2. The molecule has 0 bridgehead atoms. The first kappa shape index (κ1) is 24.4. The molecule has 1 unspecified atom stereocenters. The summed E-state index contributed by atoms with van der Waals surface area (Å²) in [6.07, 6.45) is 4.60. The fourth-order valence-electron chi connectivity index (χ4n) is 3.28. The van der Waals surface area contributed by atoms with Crippen molar-refractivity contribution in [3.05, 3.63) is 54.0 Å². The molecule has 0 aliphatic rings. The van der Waals surface area contributed by atoms with Crippen LogP contribution in [0.4, 0.5) is 0 Å². The lowest BCUT2D eigenvalue weighted by molar-refractivity contribution is -0.123. The molecule has 0 fully saturated rings. The van der Waals surface area contributed by atoms with Crippen molar-refractivity contribution in [3.63, 3.8) is 0 Å². The summed E-state index contributed by atoms with van der Waals surface area (Å²) in [7, 11) is 1.49. The summed E-state index contributed by atoms with van der Waals surface area (Å²) >= 11 is 1.70. The third-order valence-electron chi connectivity index (χ3n) is 4.80. The number of rotatable bonds is 11. The lowest BCUT2D eigenvalue weighted by Gasteiger charge is -2.18. The van der Waals surface area contributed by atoms with Gasteiger partial charge in [0, 0.05) is 17.8 Å². The van der Waals surface area contributed by atoms with Crippen LogP contribution in [0.5, 0.6) is 11.5 Å². The van der Waals surface area contributed by atoms with E-state index in [9.17, 15) is 9.59 Å². The number of aromatic nitrogens is 3. The number of fused-ring (bicyclic) bond motifs is 1. The van der Waals surface area contributed by atoms with Crippen LogP contribution in [0.3, 0.4) is 0 Å². The largest absolute Gasteiger partial charge is 0.493 e. The van der Waals surface area contributed by atoms with E-state index < -0.39 is 0 Å². The number of nitrogens with one attached hydrogen (secondary N) is 2. The molecule has 176 valence electrons. The van der Waals surface area contributed by atoms with Crippen LogP contribution in [0.15, 0.2) is 42.6 Å². The van der Waals surface area contributed by atoms with Crippen molar-refractivity contribution in [1.82, 2.24) is 25.2 Å². The molecule has 0 aliphatic carbocycles. The Balaban J connectivity index is 1.76. The highest BCUT2D eigenvalue weighted by Crippen LogP contribution is 2.28. The third-order valence-corrected chi connectivity index (χ3v) is 5.45. The highest BCUT2D eigenvalue weighted by Gasteiger charge is 2.22. The summed E-state index contributed by atoms with van der Waals surface area (Å²) in [5, 5.41) is 14.3. The predicted molar refractivity (Wildman–Crippen MR) is 128 cm³/mol. The quantitative estimate of drug-likeness (QED) is 0.443. The molecule has 0 saturated carbocycles. The maximum atomic E-state index is 13.1. The Bertz CT molecular complexity index is 1100. The summed E-state index contributed by atoms with van der Waals surface area (Å²) in [5.74, 6) is 1.78. The van der Waals surface area contributed by atoms with E-state index in [0.717, 1.165) is 11.4 Å². The van der Waals surface area contributed by atoms with Crippen molar-refractivity contribution in [2.24, 2.45) is 0 Å². The molecule has 3 rings (SSSR count). The van der Waals surface area contributed by atoms with Gasteiger partial charge in [-0.2, -0.15) is 11.8 Å². The molecule has 0 spiro atoms. The molecule has 2 heterocycles. The van der Waals surface area contributed by atoms with Crippen LogP contribution in [-0.2, 0) is 4.79 Å². The Morgan fingerprint density at radius 3 is 2.67 bits per heavy atom. The molecule has 3 aromatic rings. The van der Waals surface area contributed by atoms with Gasteiger partial charge in [-0.15, -0.1) is 10.2 Å².